The van der Waals surface area contributed by atoms with Gasteiger partial charge in [-0.2, -0.15) is 0 Å². The van der Waals surface area contributed by atoms with Gasteiger partial charge in [0, 0.05) is 10.6 Å². The zero-order chi connectivity index (χ0) is 20.5. The minimum absolute atomic E-state index is 0.285. The van der Waals surface area contributed by atoms with Gasteiger partial charge in [0.05, 0.1) is 18.3 Å². The number of nitrogens with zero attached hydrogens (tertiary/aromatic N) is 3. The van der Waals surface area contributed by atoms with Crippen LogP contribution in [0.2, 0.25) is 5.02 Å². The van der Waals surface area contributed by atoms with Crippen molar-refractivity contribution in [2.45, 2.75) is 19.5 Å². The number of fused-ring (bicyclic) bond motifs is 3. The van der Waals surface area contributed by atoms with Crippen molar-refractivity contribution in [2.75, 3.05) is 6.54 Å². The predicted molar refractivity (Wildman–Crippen MR) is 106 cm³/mol. The number of hydrogen-bond acceptors (Lipinski definition) is 5. The van der Waals surface area contributed by atoms with Gasteiger partial charge in [-0.25, -0.2) is 0 Å². The van der Waals surface area contributed by atoms with E-state index >= 15 is 0 Å². The molecule has 148 valence electrons. The number of carboxylic acids is 1. The summed E-state index contributed by atoms with van der Waals surface area (Å²) in [5, 5.41) is 23.7. The molecule has 1 atom stereocenters. The topological polar surface area (TPSA) is 109 Å². The highest BCUT2D eigenvalue weighted by molar-refractivity contribution is 6.31. The van der Waals surface area contributed by atoms with Crippen LogP contribution < -0.4 is 10.6 Å². The zero-order valence-corrected chi connectivity index (χ0v) is 16.3. The second kappa shape index (κ2) is 7.65. The van der Waals surface area contributed by atoms with Crippen LogP contribution in [0.25, 0.3) is 5.69 Å². The minimum Gasteiger partial charge on any atom is -0.480 e. The van der Waals surface area contributed by atoms with Gasteiger partial charge in [-0.1, -0.05) is 29.8 Å². The Bertz CT molecular complexity index is 1110. The quantitative estimate of drug-likeness (QED) is 0.607. The Morgan fingerprint density at radius 3 is 2.79 bits per heavy atom. The number of halogens is 1. The van der Waals surface area contributed by atoms with Crippen LogP contribution in [0.3, 0.4) is 0 Å². The van der Waals surface area contributed by atoms with Crippen molar-refractivity contribution in [2.24, 2.45) is 0 Å². The molecule has 1 aliphatic heterocycles. The molecule has 0 fully saturated rings. The molecule has 1 unspecified atom stereocenters. The van der Waals surface area contributed by atoms with Crippen LogP contribution in [-0.4, -0.2) is 38.3 Å². The monoisotopic (exact) mass is 411 g/mol. The average molecular weight is 412 g/mol. The second-order valence-corrected chi connectivity index (χ2v) is 7.09. The molecule has 0 radical (unpaired) electrons. The maximum Gasteiger partial charge on any atom is 0.322 e. The Balaban J connectivity index is 1.85. The summed E-state index contributed by atoms with van der Waals surface area (Å²) in [6.45, 7) is 1.88. The number of carboxylic acid groups (broad SMARTS) is 1. The smallest absolute Gasteiger partial charge is 0.322 e. The number of benzene rings is 2. The predicted octanol–water partition coefficient (Wildman–Crippen LogP) is 2.24. The van der Waals surface area contributed by atoms with Gasteiger partial charge in [0.15, 0.2) is 5.82 Å². The molecule has 1 amide bonds. The SMILES string of the molecule is Cc1nnc2n1-c1ccc(C(=O)NCC(=O)O)cc1C(c1ccccc1Cl)NC2. The van der Waals surface area contributed by atoms with E-state index in [1.165, 1.54) is 0 Å². The fourth-order valence-electron chi connectivity index (χ4n) is 3.51. The first-order valence-electron chi connectivity index (χ1n) is 8.98. The van der Waals surface area contributed by atoms with Gasteiger partial charge in [-0.15, -0.1) is 10.2 Å². The molecule has 0 aliphatic carbocycles. The Hall–Kier alpha value is -3.23. The number of amides is 1. The van der Waals surface area contributed by atoms with E-state index in [0.29, 0.717) is 17.1 Å². The van der Waals surface area contributed by atoms with Crippen molar-refractivity contribution in [1.29, 1.82) is 0 Å². The lowest BCUT2D eigenvalue weighted by Crippen LogP contribution is -2.29. The summed E-state index contributed by atoms with van der Waals surface area (Å²) < 4.78 is 1.94. The minimum atomic E-state index is -1.10. The highest BCUT2D eigenvalue weighted by Crippen LogP contribution is 2.35. The van der Waals surface area contributed by atoms with Gasteiger partial charge >= 0.3 is 5.97 Å². The van der Waals surface area contributed by atoms with E-state index in [1.807, 2.05) is 41.8 Å². The number of nitrogens with one attached hydrogen (secondary N) is 2. The summed E-state index contributed by atoms with van der Waals surface area (Å²) in [5.74, 6) is -0.0844. The van der Waals surface area contributed by atoms with Crippen molar-refractivity contribution in [1.82, 2.24) is 25.4 Å². The molecular formula is C20H18ClN5O3. The lowest BCUT2D eigenvalue weighted by molar-refractivity contribution is -0.135. The second-order valence-electron chi connectivity index (χ2n) is 6.68. The van der Waals surface area contributed by atoms with E-state index in [1.54, 1.807) is 12.1 Å². The first-order chi connectivity index (χ1) is 14.0. The van der Waals surface area contributed by atoms with Crippen molar-refractivity contribution in [3.8, 4) is 5.69 Å². The molecule has 1 aromatic heterocycles. The van der Waals surface area contributed by atoms with Crippen LogP contribution >= 0.6 is 11.6 Å². The van der Waals surface area contributed by atoms with Crippen LogP contribution in [0.15, 0.2) is 42.5 Å². The standard InChI is InChI=1S/C20H18ClN5O3/c1-11-24-25-17-9-22-19(13-4-2-3-5-15(13)21)14-8-12(6-7-16(14)26(11)17)20(29)23-10-18(27)28/h2-8,19,22H,9-10H2,1H3,(H,23,29)(H,27,28). The third-order valence-corrected chi connectivity index (χ3v) is 5.16. The Kier molecular flexibility index (Phi) is 5.04. The Labute approximate surface area is 171 Å². The maximum atomic E-state index is 12.4. The van der Waals surface area contributed by atoms with Crippen molar-refractivity contribution in [3.05, 3.63) is 75.8 Å². The van der Waals surface area contributed by atoms with Crippen LogP contribution in [0.5, 0.6) is 0 Å². The van der Waals surface area contributed by atoms with Gasteiger partial charge in [0.1, 0.15) is 12.4 Å². The number of hydrogen-bond donors (Lipinski definition) is 3. The highest BCUT2D eigenvalue weighted by Gasteiger charge is 2.27. The van der Waals surface area contributed by atoms with Crippen LogP contribution in [0, 0.1) is 6.92 Å². The van der Waals surface area contributed by atoms with E-state index in [2.05, 4.69) is 20.8 Å². The van der Waals surface area contributed by atoms with E-state index in [-0.39, 0.29) is 6.04 Å². The molecule has 8 nitrogen and oxygen atoms in total. The summed E-state index contributed by atoms with van der Waals surface area (Å²) in [6.07, 6.45) is 0. The van der Waals surface area contributed by atoms with Crippen molar-refractivity contribution < 1.29 is 14.7 Å². The first-order valence-corrected chi connectivity index (χ1v) is 9.36. The molecule has 1 aliphatic rings. The number of aliphatic carboxylic acids is 1. The zero-order valence-electron chi connectivity index (χ0n) is 15.5. The number of carbonyl (C=O) groups is 2. The number of aromatic nitrogens is 3. The van der Waals surface area contributed by atoms with E-state index < -0.39 is 18.4 Å². The lowest BCUT2D eigenvalue weighted by atomic mass is 9.95. The fraction of sp³-hybridized carbons (Fsp3) is 0.200. The van der Waals surface area contributed by atoms with Gasteiger partial charge < -0.3 is 10.4 Å². The molecule has 2 aromatic carbocycles. The molecule has 0 bridgehead atoms. The van der Waals surface area contributed by atoms with Crippen LogP contribution in [0.4, 0.5) is 0 Å². The van der Waals surface area contributed by atoms with Crippen LogP contribution in [0.1, 0.15) is 39.2 Å². The number of aryl methyl sites for hydroxylation is 1. The first kappa shape index (κ1) is 19.1. The summed E-state index contributed by atoms with van der Waals surface area (Å²) in [7, 11) is 0. The molecular weight excluding hydrogens is 394 g/mol. The molecule has 0 saturated carbocycles. The van der Waals surface area contributed by atoms with Crippen molar-refractivity contribution in [3.63, 3.8) is 0 Å². The molecule has 4 rings (SSSR count). The largest absolute Gasteiger partial charge is 0.480 e. The fourth-order valence-corrected chi connectivity index (χ4v) is 3.76. The molecule has 2 heterocycles. The van der Waals surface area contributed by atoms with E-state index in [0.717, 1.165) is 28.5 Å². The van der Waals surface area contributed by atoms with E-state index in [9.17, 15) is 9.59 Å². The molecule has 3 aromatic rings. The molecule has 9 heteroatoms. The summed E-state index contributed by atoms with van der Waals surface area (Å²) in [5.41, 5.74) is 2.89. The van der Waals surface area contributed by atoms with Gasteiger partial charge in [-0.3, -0.25) is 19.5 Å². The third kappa shape index (κ3) is 3.59. The highest BCUT2D eigenvalue weighted by atomic mass is 35.5. The average Bonchev–Trinajstić information content (AvgIpc) is 2.99. The summed E-state index contributed by atoms with van der Waals surface area (Å²) >= 11 is 6.46. The van der Waals surface area contributed by atoms with Crippen molar-refractivity contribution >= 4 is 23.5 Å². The number of carbonyl (C=O) groups excluding carboxylic acids is 1. The lowest BCUT2D eigenvalue weighted by Gasteiger charge is -2.21. The van der Waals surface area contributed by atoms with Gasteiger partial charge in [0.2, 0.25) is 0 Å². The normalized spacial score (nSPS) is 15.2. The van der Waals surface area contributed by atoms with Gasteiger partial charge in [-0.05, 0) is 42.3 Å². The van der Waals surface area contributed by atoms with Crippen LogP contribution in [-0.2, 0) is 11.3 Å². The third-order valence-electron chi connectivity index (χ3n) is 4.81. The number of rotatable bonds is 4. The van der Waals surface area contributed by atoms with E-state index in [4.69, 9.17) is 16.7 Å². The Morgan fingerprint density at radius 1 is 1.24 bits per heavy atom. The molecule has 3 N–H and O–H groups in total. The Morgan fingerprint density at radius 2 is 2.03 bits per heavy atom. The molecule has 0 saturated heterocycles. The molecule has 0 spiro atoms. The molecule has 29 heavy (non-hydrogen) atoms. The maximum absolute atomic E-state index is 12.4. The van der Waals surface area contributed by atoms with Gasteiger partial charge in [0.25, 0.3) is 5.91 Å². The summed E-state index contributed by atoms with van der Waals surface area (Å²) in [4.78, 5) is 23.2. The summed E-state index contributed by atoms with van der Waals surface area (Å²) in [6, 6.07) is 12.5.